The fourth-order valence-electron chi connectivity index (χ4n) is 2.28. The molecule has 0 bridgehead atoms. The normalized spacial score (nSPS) is 12.5. The molecule has 28 heavy (non-hydrogen) atoms. The van der Waals surface area contributed by atoms with E-state index in [1.165, 1.54) is 4.90 Å². The van der Waals surface area contributed by atoms with Gasteiger partial charge >= 0.3 is 6.09 Å². The molecule has 2 amide bonds. The van der Waals surface area contributed by atoms with E-state index in [1.807, 2.05) is 51.1 Å². The standard InChI is InChI=1S/C20H33N3O3S2/c1-20(2,3)26-19(25)23(6)17(16-10-8-7-9-11-16)18(24)21-12-14-27-28-15-13-22(4)5/h7-11,17H,12-15H2,1-6H3,(H,21,24)/t17-/m0/s1. The maximum absolute atomic E-state index is 12.9. The minimum Gasteiger partial charge on any atom is -0.444 e. The topological polar surface area (TPSA) is 61.9 Å². The fraction of sp³-hybridized carbons (Fsp3) is 0.600. The van der Waals surface area contributed by atoms with Crippen LogP contribution in [0.2, 0.25) is 0 Å². The SMILES string of the molecule is CN(C)CCSSCCNC(=O)[C@H](c1ccccc1)N(C)C(=O)OC(C)(C)C. The first-order valence-electron chi connectivity index (χ1n) is 9.29. The Morgan fingerprint density at radius 2 is 1.68 bits per heavy atom. The molecule has 0 spiro atoms. The first kappa shape index (κ1) is 24.7. The molecule has 0 aromatic heterocycles. The Hall–Kier alpha value is -1.38. The molecule has 0 saturated heterocycles. The zero-order valence-corrected chi connectivity index (χ0v) is 19.4. The van der Waals surface area contributed by atoms with E-state index in [2.05, 4.69) is 24.3 Å². The number of ether oxygens (including phenoxy) is 1. The highest BCUT2D eigenvalue weighted by molar-refractivity contribution is 8.76. The van der Waals surface area contributed by atoms with Gasteiger partial charge in [-0.05, 0) is 40.4 Å². The van der Waals surface area contributed by atoms with E-state index in [4.69, 9.17) is 4.74 Å². The molecule has 0 saturated carbocycles. The molecule has 0 unspecified atom stereocenters. The monoisotopic (exact) mass is 427 g/mol. The van der Waals surface area contributed by atoms with Crippen molar-refractivity contribution in [3.05, 3.63) is 35.9 Å². The molecular formula is C20H33N3O3S2. The molecule has 0 heterocycles. The van der Waals surface area contributed by atoms with Crippen LogP contribution in [0.4, 0.5) is 4.79 Å². The Balaban J connectivity index is 2.65. The van der Waals surface area contributed by atoms with Gasteiger partial charge in [-0.3, -0.25) is 9.69 Å². The predicted octanol–water partition coefficient (Wildman–Crippen LogP) is 3.65. The molecule has 1 aromatic carbocycles. The number of carbonyl (C=O) groups is 2. The number of benzene rings is 1. The van der Waals surface area contributed by atoms with E-state index in [9.17, 15) is 9.59 Å². The maximum Gasteiger partial charge on any atom is 0.410 e. The van der Waals surface area contributed by atoms with Crippen LogP contribution in [0.3, 0.4) is 0 Å². The second-order valence-corrected chi connectivity index (χ2v) is 10.3. The van der Waals surface area contributed by atoms with Crippen molar-refractivity contribution in [2.75, 3.05) is 45.7 Å². The lowest BCUT2D eigenvalue weighted by molar-refractivity contribution is -0.126. The smallest absolute Gasteiger partial charge is 0.410 e. The molecular weight excluding hydrogens is 394 g/mol. The second kappa shape index (κ2) is 12.2. The van der Waals surface area contributed by atoms with Crippen LogP contribution in [0, 0.1) is 0 Å². The Kier molecular flexibility index (Phi) is 10.8. The molecule has 8 heteroatoms. The summed E-state index contributed by atoms with van der Waals surface area (Å²) < 4.78 is 5.44. The van der Waals surface area contributed by atoms with Gasteiger partial charge in [0.25, 0.3) is 0 Å². The molecule has 158 valence electrons. The van der Waals surface area contributed by atoms with Crippen LogP contribution in [0.25, 0.3) is 0 Å². The van der Waals surface area contributed by atoms with Crippen LogP contribution in [0.15, 0.2) is 30.3 Å². The van der Waals surface area contributed by atoms with E-state index in [1.54, 1.807) is 28.6 Å². The number of hydrogen-bond acceptors (Lipinski definition) is 6. The van der Waals surface area contributed by atoms with Crippen molar-refractivity contribution in [3.8, 4) is 0 Å². The highest BCUT2D eigenvalue weighted by Gasteiger charge is 2.31. The molecule has 0 fully saturated rings. The summed E-state index contributed by atoms with van der Waals surface area (Å²) in [7, 11) is 9.23. The molecule has 6 nitrogen and oxygen atoms in total. The Morgan fingerprint density at radius 1 is 1.07 bits per heavy atom. The number of nitrogens with zero attached hydrogens (tertiary/aromatic N) is 2. The Bertz CT molecular complexity index is 606. The largest absolute Gasteiger partial charge is 0.444 e. The third-order valence-electron chi connectivity index (χ3n) is 3.62. The minimum absolute atomic E-state index is 0.210. The average Bonchev–Trinajstić information content (AvgIpc) is 2.60. The third kappa shape index (κ3) is 9.71. The first-order valence-corrected chi connectivity index (χ1v) is 11.8. The van der Waals surface area contributed by atoms with Crippen molar-refractivity contribution < 1.29 is 14.3 Å². The van der Waals surface area contributed by atoms with Crippen LogP contribution in [-0.2, 0) is 9.53 Å². The van der Waals surface area contributed by atoms with Crippen molar-refractivity contribution >= 4 is 33.6 Å². The Morgan fingerprint density at radius 3 is 2.25 bits per heavy atom. The molecule has 0 radical (unpaired) electrons. The van der Waals surface area contributed by atoms with E-state index in [0.717, 1.165) is 23.6 Å². The number of nitrogens with one attached hydrogen (secondary N) is 1. The van der Waals surface area contributed by atoms with Gasteiger partial charge < -0.3 is 15.0 Å². The summed E-state index contributed by atoms with van der Waals surface area (Å²) in [6, 6.07) is 8.55. The maximum atomic E-state index is 12.9. The number of hydrogen-bond donors (Lipinski definition) is 1. The highest BCUT2D eigenvalue weighted by Crippen LogP contribution is 2.23. The van der Waals surface area contributed by atoms with Gasteiger partial charge in [-0.25, -0.2) is 4.79 Å². The van der Waals surface area contributed by atoms with Gasteiger partial charge in [-0.15, -0.1) is 0 Å². The van der Waals surface area contributed by atoms with Crippen LogP contribution < -0.4 is 5.32 Å². The molecule has 0 aliphatic carbocycles. The zero-order valence-electron chi connectivity index (χ0n) is 17.7. The third-order valence-corrected chi connectivity index (χ3v) is 6.01. The van der Waals surface area contributed by atoms with E-state index < -0.39 is 17.7 Å². The second-order valence-electron chi connectivity index (χ2n) is 7.64. The Labute approximate surface area is 177 Å². The lowest BCUT2D eigenvalue weighted by Gasteiger charge is -2.30. The van der Waals surface area contributed by atoms with Crippen LogP contribution >= 0.6 is 21.6 Å². The number of likely N-dealkylation sites (N-methyl/N-ethyl adjacent to an activating group) is 1. The molecule has 1 N–H and O–H groups in total. The van der Waals surface area contributed by atoms with E-state index in [0.29, 0.717) is 6.54 Å². The minimum atomic E-state index is -0.734. The van der Waals surface area contributed by atoms with Gasteiger partial charge in [0.15, 0.2) is 0 Å². The predicted molar refractivity (Wildman–Crippen MR) is 120 cm³/mol. The summed E-state index contributed by atoms with van der Waals surface area (Å²) in [5.74, 6) is 1.64. The summed E-state index contributed by atoms with van der Waals surface area (Å²) >= 11 is 0. The molecule has 1 rings (SSSR count). The van der Waals surface area contributed by atoms with Crippen molar-refractivity contribution in [3.63, 3.8) is 0 Å². The number of amides is 2. The fourth-order valence-corrected chi connectivity index (χ4v) is 4.32. The highest BCUT2D eigenvalue weighted by atomic mass is 33.1. The van der Waals surface area contributed by atoms with Gasteiger partial charge in [0.05, 0.1) is 0 Å². The van der Waals surface area contributed by atoms with Gasteiger partial charge in [0.1, 0.15) is 11.6 Å². The number of carbonyl (C=O) groups excluding carboxylic acids is 2. The molecule has 1 aromatic rings. The molecule has 0 aliphatic heterocycles. The van der Waals surface area contributed by atoms with Gasteiger partial charge in [0.2, 0.25) is 5.91 Å². The van der Waals surface area contributed by atoms with Gasteiger partial charge in [-0.2, -0.15) is 0 Å². The summed E-state index contributed by atoms with van der Waals surface area (Å²) in [5.41, 5.74) is 0.130. The quantitative estimate of drug-likeness (QED) is 0.454. The van der Waals surface area contributed by atoms with Crippen molar-refractivity contribution in [1.29, 1.82) is 0 Å². The van der Waals surface area contributed by atoms with Gasteiger partial charge in [0, 0.05) is 31.6 Å². The van der Waals surface area contributed by atoms with E-state index in [-0.39, 0.29) is 5.91 Å². The van der Waals surface area contributed by atoms with Crippen LogP contribution in [0.1, 0.15) is 32.4 Å². The lowest BCUT2D eigenvalue weighted by atomic mass is 10.1. The summed E-state index contributed by atoms with van der Waals surface area (Å²) in [4.78, 5) is 28.8. The van der Waals surface area contributed by atoms with Crippen molar-refractivity contribution in [2.24, 2.45) is 0 Å². The van der Waals surface area contributed by atoms with E-state index >= 15 is 0 Å². The molecule has 1 atom stereocenters. The van der Waals surface area contributed by atoms with Crippen LogP contribution in [-0.4, -0.2) is 73.1 Å². The average molecular weight is 428 g/mol. The first-order chi connectivity index (χ1) is 13.1. The zero-order chi connectivity index (χ0) is 21.2. The van der Waals surface area contributed by atoms with Crippen molar-refractivity contribution in [2.45, 2.75) is 32.4 Å². The van der Waals surface area contributed by atoms with Crippen LogP contribution in [0.5, 0.6) is 0 Å². The molecule has 0 aliphatic rings. The van der Waals surface area contributed by atoms with Crippen molar-refractivity contribution in [1.82, 2.24) is 15.1 Å². The summed E-state index contributed by atoms with van der Waals surface area (Å²) in [6.07, 6.45) is -0.523. The summed E-state index contributed by atoms with van der Waals surface area (Å²) in [5, 5.41) is 2.95. The summed E-state index contributed by atoms with van der Waals surface area (Å²) in [6.45, 7) is 7.00. The number of rotatable bonds is 10. The lowest BCUT2D eigenvalue weighted by Crippen LogP contribution is -2.44. The van der Waals surface area contributed by atoms with Gasteiger partial charge in [-0.1, -0.05) is 51.9 Å².